The molecule has 2 aliphatic heterocycles. The van der Waals surface area contributed by atoms with Crippen LogP contribution in [-0.2, 0) is 16.6 Å². The van der Waals surface area contributed by atoms with Gasteiger partial charge in [-0.15, -0.1) is 0 Å². The average molecular weight is 527 g/mol. The first kappa shape index (κ1) is 25.1. The third-order valence-electron chi connectivity index (χ3n) is 6.17. The molecular weight excluding hydrogens is 503 g/mol. The third-order valence-corrected chi connectivity index (χ3v) is 7.17. The number of sulfonamides is 1. The van der Waals surface area contributed by atoms with Crippen LogP contribution in [0.1, 0.15) is 57.5 Å². The summed E-state index contributed by atoms with van der Waals surface area (Å²) >= 11 is 5.80. The Morgan fingerprint density at radius 3 is 2.66 bits per heavy atom. The van der Waals surface area contributed by atoms with Gasteiger partial charge < -0.3 is 19.5 Å². The Bertz CT molecular complexity index is 1390. The lowest BCUT2D eigenvalue weighted by atomic mass is 10.0. The van der Waals surface area contributed by atoms with E-state index in [0.29, 0.717) is 6.54 Å². The van der Waals surface area contributed by atoms with Crippen LogP contribution in [0.15, 0.2) is 23.0 Å². The van der Waals surface area contributed by atoms with Gasteiger partial charge in [-0.3, -0.25) is 14.4 Å². The number of likely N-dealkylation sites (N-methyl/N-ethyl adjacent to an activating group) is 1. The standard InChI is InChI=1S/C22H24ClFN4O6S/c1-4-27-10-12-8-14(26-35(3,32)33)17-15(19(29)20(34-2)18(22(27)31)28(12)17)21(30)25-9-11-6-5-7-13(23)16(11)24/h5-7,12,14,26H,4,8-10H2,1-3H3,(H,25,30)/t12-,14+/m0/s1. The van der Waals surface area contributed by atoms with Crippen molar-refractivity contribution in [3.63, 3.8) is 0 Å². The van der Waals surface area contributed by atoms with Crippen LogP contribution in [0.2, 0.25) is 5.02 Å². The molecule has 0 bridgehead atoms. The van der Waals surface area contributed by atoms with Crippen molar-refractivity contribution in [3.05, 3.63) is 61.8 Å². The van der Waals surface area contributed by atoms with Gasteiger partial charge in [-0.25, -0.2) is 17.5 Å². The molecule has 2 aromatic rings. The molecular formula is C22H24ClFN4O6S. The molecule has 35 heavy (non-hydrogen) atoms. The van der Waals surface area contributed by atoms with E-state index < -0.39 is 39.1 Å². The zero-order chi connectivity index (χ0) is 25.7. The number of pyridine rings is 1. The summed E-state index contributed by atoms with van der Waals surface area (Å²) in [5.41, 5.74) is -1.07. The Morgan fingerprint density at radius 1 is 1.31 bits per heavy atom. The fourth-order valence-electron chi connectivity index (χ4n) is 4.73. The van der Waals surface area contributed by atoms with Gasteiger partial charge in [-0.1, -0.05) is 23.7 Å². The quantitative estimate of drug-likeness (QED) is 0.564. The van der Waals surface area contributed by atoms with Crippen LogP contribution in [0, 0.1) is 5.82 Å². The molecule has 2 N–H and O–H groups in total. The van der Waals surface area contributed by atoms with Gasteiger partial charge in [0.2, 0.25) is 15.5 Å². The number of nitrogens with one attached hydrogen (secondary N) is 2. The molecule has 2 atom stereocenters. The molecule has 188 valence electrons. The number of carbonyl (C=O) groups is 2. The number of hydrogen-bond donors (Lipinski definition) is 2. The Balaban J connectivity index is 1.86. The van der Waals surface area contributed by atoms with E-state index in [4.69, 9.17) is 16.3 Å². The molecule has 0 aliphatic carbocycles. The predicted octanol–water partition coefficient (Wildman–Crippen LogP) is 1.59. The number of amides is 2. The second kappa shape index (κ2) is 9.25. The first-order chi connectivity index (χ1) is 16.5. The lowest BCUT2D eigenvalue weighted by Gasteiger charge is -2.34. The number of methoxy groups -OCH3 is 1. The summed E-state index contributed by atoms with van der Waals surface area (Å²) in [5.74, 6) is -2.32. The second-order valence-corrected chi connectivity index (χ2v) is 10.6. The number of halogens is 2. The van der Waals surface area contributed by atoms with Crippen molar-refractivity contribution in [2.45, 2.75) is 32.0 Å². The number of hydrogen-bond acceptors (Lipinski definition) is 6. The molecule has 0 fully saturated rings. The second-order valence-electron chi connectivity index (χ2n) is 8.41. The van der Waals surface area contributed by atoms with Crippen LogP contribution in [0.3, 0.4) is 0 Å². The van der Waals surface area contributed by atoms with Gasteiger partial charge in [-0.2, -0.15) is 0 Å². The van der Waals surface area contributed by atoms with E-state index in [-0.39, 0.29) is 58.8 Å². The topological polar surface area (TPSA) is 127 Å². The van der Waals surface area contributed by atoms with Gasteiger partial charge in [0.05, 0.1) is 36.2 Å². The van der Waals surface area contributed by atoms with Crippen molar-refractivity contribution in [2.75, 3.05) is 26.5 Å². The minimum Gasteiger partial charge on any atom is -0.491 e. The molecule has 1 aromatic carbocycles. The molecule has 0 unspecified atom stereocenters. The van der Waals surface area contributed by atoms with E-state index in [9.17, 15) is 27.2 Å². The van der Waals surface area contributed by atoms with E-state index >= 15 is 0 Å². The summed E-state index contributed by atoms with van der Waals surface area (Å²) < 4.78 is 47.8. The highest BCUT2D eigenvalue weighted by molar-refractivity contribution is 7.88. The molecule has 0 spiro atoms. The van der Waals surface area contributed by atoms with Gasteiger partial charge >= 0.3 is 0 Å². The molecule has 3 heterocycles. The highest BCUT2D eigenvalue weighted by Gasteiger charge is 2.45. The Kier molecular flexibility index (Phi) is 6.64. The third kappa shape index (κ3) is 4.41. The summed E-state index contributed by atoms with van der Waals surface area (Å²) in [4.78, 5) is 41.4. The molecule has 0 saturated heterocycles. The fourth-order valence-corrected chi connectivity index (χ4v) is 5.65. The molecule has 4 rings (SSSR count). The van der Waals surface area contributed by atoms with E-state index in [0.717, 1.165) is 6.26 Å². The van der Waals surface area contributed by atoms with Crippen molar-refractivity contribution in [1.82, 2.24) is 19.5 Å². The molecule has 2 amide bonds. The fraction of sp³-hybridized carbons (Fsp3) is 0.409. The molecule has 0 saturated carbocycles. The van der Waals surface area contributed by atoms with Crippen LogP contribution in [-0.4, -0.2) is 56.2 Å². The van der Waals surface area contributed by atoms with Crippen molar-refractivity contribution in [2.24, 2.45) is 0 Å². The van der Waals surface area contributed by atoms with Crippen LogP contribution in [0.4, 0.5) is 4.39 Å². The SMILES string of the molecule is CCN1C[C@@H]2C[C@@H](NS(C)(=O)=O)c3c(C(=O)NCc4cccc(Cl)c4F)c(=O)c(OC)c(n32)C1=O. The zero-order valence-electron chi connectivity index (χ0n) is 19.2. The minimum absolute atomic E-state index is 0.0270. The van der Waals surface area contributed by atoms with Crippen LogP contribution < -0.4 is 20.2 Å². The first-order valence-electron chi connectivity index (χ1n) is 10.8. The Morgan fingerprint density at radius 2 is 2.03 bits per heavy atom. The lowest BCUT2D eigenvalue weighted by Crippen LogP contribution is -2.45. The Labute approximate surface area is 206 Å². The molecule has 10 nitrogen and oxygen atoms in total. The van der Waals surface area contributed by atoms with Crippen molar-refractivity contribution < 1.29 is 27.1 Å². The molecule has 13 heteroatoms. The van der Waals surface area contributed by atoms with Crippen LogP contribution in [0.25, 0.3) is 0 Å². The average Bonchev–Trinajstić information content (AvgIpc) is 3.12. The monoisotopic (exact) mass is 526 g/mol. The van der Waals surface area contributed by atoms with Gasteiger partial charge in [0.25, 0.3) is 11.8 Å². The lowest BCUT2D eigenvalue weighted by molar-refractivity contribution is 0.0674. The van der Waals surface area contributed by atoms with E-state index in [2.05, 4.69) is 10.0 Å². The number of carbonyl (C=O) groups excluding carboxylic acids is 2. The van der Waals surface area contributed by atoms with Gasteiger partial charge in [0.15, 0.2) is 11.4 Å². The number of rotatable bonds is 7. The van der Waals surface area contributed by atoms with Crippen molar-refractivity contribution >= 4 is 33.4 Å². The molecule has 0 radical (unpaired) electrons. The normalized spacial score (nSPS) is 19.0. The number of benzene rings is 1. The molecule has 2 aliphatic rings. The maximum absolute atomic E-state index is 14.3. The van der Waals surface area contributed by atoms with Crippen molar-refractivity contribution in [1.29, 1.82) is 0 Å². The Hall–Kier alpha value is -2.96. The van der Waals surface area contributed by atoms with Crippen LogP contribution in [0.5, 0.6) is 5.75 Å². The van der Waals surface area contributed by atoms with E-state index in [1.807, 2.05) is 0 Å². The number of nitrogens with zero attached hydrogens (tertiary/aromatic N) is 2. The minimum atomic E-state index is -3.73. The predicted molar refractivity (Wildman–Crippen MR) is 126 cm³/mol. The summed E-state index contributed by atoms with van der Waals surface area (Å²) in [7, 11) is -2.51. The summed E-state index contributed by atoms with van der Waals surface area (Å²) in [6.07, 6.45) is 1.19. The maximum Gasteiger partial charge on any atom is 0.274 e. The summed E-state index contributed by atoms with van der Waals surface area (Å²) in [6, 6.07) is 3.00. The maximum atomic E-state index is 14.3. The summed E-state index contributed by atoms with van der Waals surface area (Å²) in [6.45, 7) is 2.17. The van der Waals surface area contributed by atoms with E-state index in [1.165, 1.54) is 34.8 Å². The molecule has 1 aromatic heterocycles. The van der Waals surface area contributed by atoms with Gasteiger partial charge in [-0.05, 0) is 19.4 Å². The van der Waals surface area contributed by atoms with E-state index in [1.54, 1.807) is 6.92 Å². The van der Waals surface area contributed by atoms with Gasteiger partial charge in [0, 0.05) is 25.2 Å². The zero-order valence-corrected chi connectivity index (χ0v) is 20.8. The largest absolute Gasteiger partial charge is 0.491 e. The van der Waals surface area contributed by atoms with Crippen LogP contribution >= 0.6 is 11.6 Å². The highest BCUT2D eigenvalue weighted by Crippen LogP contribution is 2.42. The summed E-state index contributed by atoms with van der Waals surface area (Å²) in [5, 5.41) is 2.39. The van der Waals surface area contributed by atoms with Gasteiger partial charge in [0.1, 0.15) is 11.4 Å². The first-order valence-corrected chi connectivity index (χ1v) is 13.1. The highest BCUT2D eigenvalue weighted by atomic mass is 35.5. The number of ether oxygens (including phenoxy) is 1. The smallest absolute Gasteiger partial charge is 0.274 e. The van der Waals surface area contributed by atoms with Crippen molar-refractivity contribution in [3.8, 4) is 5.75 Å². The number of aromatic nitrogens is 1.